The predicted molar refractivity (Wildman–Crippen MR) is 85.3 cm³/mol. The van der Waals surface area contributed by atoms with E-state index in [1.54, 1.807) is 0 Å². The monoisotopic (exact) mass is 319 g/mol. The maximum Gasteiger partial charge on any atom is 0.263 e. The Bertz CT molecular complexity index is 703. The van der Waals surface area contributed by atoms with Gasteiger partial charge < -0.3 is 9.88 Å². The molecule has 0 saturated carbocycles. The minimum atomic E-state index is -0.0179. The summed E-state index contributed by atoms with van der Waals surface area (Å²) in [7, 11) is 0. The summed E-state index contributed by atoms with van der Waals surface area (Å²) < 4.78 is 2.16. The Morgan fingerprint density at radius 3 is 2.77 bits per heavy atom. The molecule has 1 N–H and O–H groups in total. The summed E-state index contributed by atoms with van der Waals surface area (Å²) >= 11 is 1.45. The fraction of sp³-hybridized carbons (Fsp3) is 0.600. The van der Waals surface area contributed by atoms with E-state index in [4.69, 9.17) is 0 Å². The molecule has 1 atom stereocenters. The van der Waals surface area contributed by atoms with E-state index in [0.29, 0.717) is 5.92 Å². The molecule has 2 aromatic rings. The summed E-state index contributed by atoms with van der Waals surface area (Å²) in [4.78, 5) is 17.5. The summed E-state index contributed by atoms with van der Waals surface area (Å²) in [6, 6.07) is 0.121. The molecule has 7 heteroatoms. The molecule has 1 unspecified atom stereocenters. The Hall–Kier alpha value is -1.76. The number of rotatable bonds is 3. The molecule has 3 rings (SSSR count). The number of thiazole rings is 1. The second-order valence-electron chi connectivity index (χ2n) is 6.10. The van der Waals surface area contributed by atoms with Gasteiger partial charge >= 0.3 is 0 Å². The van der Waals surface area contributed by atoms with Crippen LogP contribution in [-0.4, -0.2) is 31.7 Å². The summed E-state index contributed by atoms with van der Waals surface area (Å²) in [6.07, 6.45) is 1.75. The Morgan fingerprint density at radius 2 is 2.14 bits per heavy atom. The highest BCUT2D eigenvalue weighted by Gasteiger charge is 2.26. The van der Waals surface area contributed by atoms with Crippen LogP contribution in [0.4, 0.5) is 0 Å². The van der Waals surface area contributed by atoms with Crippen LogP contribution in [-0.2, 0) is 13.0 Å². The van der Waals surface area contributed by atoms with Crippen LogP contribution in [0.5, 0.6) is 0 Å². The number of nitrogens with zero attached hydrogens (tertiary/aromatic N) is 4. The van der Waals surface area contributed by atoms with Crippen LogP contribution in [0.3, 0.4) is 0 Å². The number of hydrogen-bond acceptors (Lipinski definition) is 5. The molecule has 0 radical (unpaired) electrons. The number of aryl methyl sites for hydroxylation is 3. The molecule has 0 spiro atoms. The Morgan fingerprint density at radius 1 is 1.36 bits per heavy atom. The quantitative estimate of drug-likeness (QED) is 0.941. The lowest BCUT2D eigenvalue weighted by atomic mass is 10.1. The molecule has 0 aliphatic carbocycles. The van der Waals surface area contributed by atoms with Crippen LogP contribution in [0.25, 0.3) is 0 Å². The van der Waals surface area contributed by atoms with E-state index < -0.39 is 0 Å². The van der Waals surface area contributed by atoms with Gasteiger partial charge in [-0.05, 0) is 20.3 Å². The van der Waals surface area contributed by atoms with Gasteiger partial charge in [-0.2, -0.15) is 0 Å². The molecule has 0 bridgehead atoms. The Kier molecular flexibility index (Phi) is 3.99. The zero-order chi connectivity index (χ0) is 15.9. The van der Waals surface area contributed by atoms with Crippen LogP contribution >= 0.6 is 11.3 Å². The van der Waals surface area contributed by atoms with Crippen molar-refractivity contribution in [2.24, 2.45) is 0 Å². The van der Waals surface area contributed by atoms with Crippen molar-refractivity contribution < 1.29 is 4.79 Å². The number of aromatic nitrogens is 4. The number of carbonyl (C=O) groups is 1. The third kappa shape index (κ3) is 2.77. The van der Waals surface area contributed by atoms with E-state index in [9.17, 15) is 4.79 Å². The van der Waals surface area contributed by atoms with Gasteiger partial charge in [0.1, 0.15) is 16.5 Å². The molecule has 0 aromatic carbocycles. The minimum Gasteiger partial charge on any atom is -0.347 e. The Labute approximate surface area is 134 Å². The van der Waals surface area contributed by atoms with Gasteiger partial charge in [0, 0.05) is 24.9 Å². The topological polar surface area (TPSA) is 72.7 Å². The molecule has 0 fully saturated rings. The summed E-state index contributed by atoms with van der Waals surface area (Å²) in [5, 5.41) is 12.6. The van der Waals surface area contributed by atoms with Crippen LogP contribution in [0.1, 0.15) is 58.2 Å². The van der Waals surface area contributed by atoms with E-state index in [-0.39, 0.29) is 11.9 Å². The second-order valence-corrected chi connectivity index (χ2v) is 7.30. The van der Waals surface area contributed by atoms with Crippen molar-refractivity contribution in [2.45, 2.75) is 59.0 Å². The van der Waals surface area contributed by atoms with E-state index >= 15 is 0 Å². The average Bonchev–Trinajstić information content (AvgIpc) is 3.01. The van der Waals surface area contributed by atoms with E-state index in [1.807, 2.05) is 13.8 Å². The first kappa shape index (κ1) is 15.1. The van der Waals surface area contributed by atoms with Crippen molar-refractivity contribution >= 4 is 17.2 Å². The van der Waals surface area contributed by atoms with Gasteiger partial charge in [-0.25, -0.2) is 4.98 Å². The normalized spacial score (nSPS) is 17.6. The summed E-state index contributed by atoms with van der Waals surface area (Å²) in [6.45, 7) is 8.78. The summed E-state index contributed by atoms with van der Waals surface area (Å²) in [5.41, 5.74) is 0.809. The highest BCUT2D eigenvalue weighted by Crippen LogP contribution is 2.21. The number of carbonyl (C=O) groups excluding carboxylic acids is 1. The molecule has 0 saturated heterocycles. The lowest BCUT2D eigenvalue weighted by molar-refractivity contribution is 0.0930. The Balaban J connectivity index is 1.73. The largest absolute Gasteiger partial charge is 0.347 e. The SMILES string of the molecule is Cc1nc(C)c(C(=O)NC2CCc3nnc(C(C)C)n3C2)s1. The van der Waals surface area contributed by atoms with Crippen molar-refractivity contribution in [3.63, 3.8) is 0 Å². The molecule has 1 aliphatic rings. The first-order valence-electron chi connectivity index (χ1n) is 7.62. The molecule has 118 valence electrons. The third-order valence-electron chi connectivity index (χ3n) is 3.94. The zero-order valence-corrected chi connectivity index (χ0v) is 14.2. The van der Waals surface area contributed by atoms with Gasteiger partial charge in [-0.15, -0.1) is 21.5 Å². The molecule has 1 aliphatic heterocycles. The number of fused-ring (bicyclic) bond motifs is 1. The van der Waals surface area contributed by atoms with Gasteiger partial charge in [0.2, 0.25) is 0 Å². The smallest absolute Gasteiger partial charge is 0.263 e. The van der Waals surface area contributed by atoms with Crippen molar-refractivity contribution in [1.82, 2.24) is 25.1 Å². The standard InChI is InChI=1S/C15H21N5OS/c1-8(2)14-19-18-12-6-5-11(7-20(12)14)17-15(21)13-9(3)16-10(4)22-13/h8,11H,5-7H2,1-4H3,(H,17,21). The van der Waals surface area contributed by atoms with E-state index in [0.717, 1.165) is 46.6 Å². The molecule has 6 nitrogen and oxygen atoms in total. The highest BCUT2D eigenvalue weighted by atomic mass is 32.1. The first-order chi connectivity index (χ1) is 10.5. The van der Waals surface area contributed by atoms with Crippen molar-refractivity contribution in [1.29, 1.82) is 0 Å². The maximum atomic E-state index is 12.4. The molecular weight excluding hydrogens is 298 g/mol. The van der Waals surface area contributed by atoms with Crippen molar-refractivity contribution in [2.75, 3.05) is 0 Å². The second kappa shape index (κ2) is 5.79. The molecule has 2 aromatic heterocycles. The molecule has 3 heterocycles. The molecule has 1 amide bonds. The van der Waals surface area contributed by atoms with Crippen LogP contribution in [0.2, 0.25) is 0 Å². The molecule has 22 heavy (non-hydrogen) atoms. The first-order valence-corrected chi connectivity index (χ1v) is 8.44. The number of nitrogens with one attached hydrogen (secondary N) is 1. The van der Waals surface area contributed by atoms with E-state index in [2.05, 4.69) is 38.9 Å². The number of hydrogen-bond donors (Lipinski definition) is 1. The van der Waals surface area contributed by atoms with Crippen LogP contribution in [0, 0.1) is 13.8 Å². The van der Waals surface area contributed by atoms with Gasteiger partial charge in [0.25, 0.3) is 5.91 Å². The fourth-order valence-electron chi connectivity index (χ4n) is 2.89. The summed E-state index contributed by atoms with van der Waals surface area (Å²) in [5.74, 6) is 2.34. The third-order valence-corrected chi connectivity index (χ3v) is 5.01. The van der Waals surface area contributed by atoms with Crippen molar-refractivity contribution in [3.8, 4) is 0 Å². The van der Waals surface area contributed by atoms with Gasteiger partial charge in [0.15, 0.2) is 0 Å². The maximum absolute atomic E-state index is 12.4. The average molecular weight is 319 g/mol. The fourth-order valence-corrected chi connectivity index (χ4v) is 3.71. The lowest BCUT2D eigenvalue weighted by Crippen LogP contribution is -2.41. The van der Waals surface area contributed by atoms with Gasteiger partial charge in [-0.3, -0.25) is 4.79 Å². The van der Waals surface area contributed by atoms with Crippen LogP contribution in [0.15, 0.2) is 0 Å². The van der Waals surface area contributed by atoms with Gasteiger partial charge in [0.05, 0.1) is 10.7 Å². The zero-order valence-electron chi connectivity index (χ0n) is 13.4. The lowest BCUT2D eigenvalue weighted by Gasteiger charge is -2.25. The van der Waals surface area contributed by atoms with Gasteiger partial charge in [-0.1, -0.05) is 13.8 Å². The highest BCUT2D eigenvalue weighted by molar-refractivity contribution is 7.13. The van der Waals surface area contributed by atoms with Crippen LogP contribution < -0.4 is 5.32 Å². The molecular formula is C15H21N5OS. The predicted octanol–water partition coefficient (Wildman–Crippen LogP) is 2.22. The van der Waals surface area contributed by atoms with E-state index in [1.165, 1.54) is 11.3 Å². The van der Waals surface area contributed by atoms with Crippen molar-refractivity contribution in [3.05, 3.63) is 27.2 Å². The number of amides is 1. The minimum absolute atomic E-state index is 0.0179.